The third-order valence-electron chi connectivity index (χ3n) is 3.00. The van der Waals surface area contributed by atoms with Gasteiger partial charge in [0.25, 0.3) is 0 Å². The zero-order valence-corrected chi connectivity index (χ0v) is 10.1. The summed E-state index contributed by atoms with van der Waals surface area (Å²) in [6.45, 7) is 7.29. The molecule has 1 aliphatic rings. The molecule has 0 amide bonds. The molecular weight excluding hydrogens is 200 g/mol. The van der Waals surface area contributed by atoms with Crippen LogP contribution in [-0.2, 0) is 10.3 Å². The molecule has 1 unspecified atom stereocenters. The molecule has 0 aromatic heterocycles. The predicted octanol–water partition coefficient (Wildman–Crippen LogP) is 1.91. The number of hydrogen-bond donors (Lipinski definition) is 1. The molecule has 0 saturated carbocycles. The molecule has 0 saturated heterocycles. The van der Waals surface area contributed by atoms with Gasteiger partial charge < -0.3 is 10.5 Å². The van der Waals surface area contributed by atoms with Crippen molar-refractivity contribution in [2.24, 2.45) is 10.7 Å². The van der Waals surface area contributed by atoms with Crippen LogP contribution in [0.1, 0.15) is 23.6 Å². The largest absolute Gasteiger partial charge is 0.386 e. The summed E-state index contributed by atoms with van der Waals surface area (Å²) in [6, 6.07) is 6.40. The van der Waals surface area contributed by atoms with Gasteiger partial charge in [-0.2, -0.15) is 0 Å². The lowest BCUT2D eigenvalue weighted by atomic mass is 9.88. The minimum atomic E-state index is -0.335. The fraction of sp³-hybridized carbons (Fsp3) is 0.462. The minimum Gasteiger partial charge on any atom is -0.386 e. The van der Waals surface area contributed by atoms with Gasteiger partial charge in [-0.1, -0.05) is 23.8 Å². The van der Waals surface area contributed by atoms with Crippen molar-refractivity contribution >= 4 is 5.84 Å². The van der Waals surface area contributed by atoms with Crippen molar-refractivity contribution in [3.8, 4) is 0 Å². The molecule has 1 aliphatic heterocycles. The smallest absolute Gasteiger partial charge is 0.121 e. The van der Waals surface area contributed by atoms with Crippen LogP contribution in [-0.4, -0.2) is 19.0 Å². The normalized spacial score (nSPS) is 25.3. The summed E-state index contributed by atoms with van der Waals surface area (Å²) in [4.78, 5) is 4.56. The van der Waals surface area contributed by atoms with Crippen LogP contribution in [0.2, 0.25) is 0 Å². The molecule has 1 aromatic carbocycles. The lowest BCUT2D eigenvalue weighted by molar-refractivity contribution is 0.105. The summed E-state index contributed by atoms with van der Waals surface area (Å²) in [7, 11) is 0. The summed E-state index contributed by atoms with van der Waals surface area (Å²) in [5.74, 6) is 0.578. The maximum atomic E-state index is 5.76. The molecule has 3 nitrogen and oxygen atoms in total. The molecule has 86 valence electrons. The van der Waals surface area contributed by atoms with Crippen molar-refractivity contribution < 1.29 is 4.74 Å². The Hall–Kier alpha value is -1.35. The first-order valence-corrected chi connectivity index (χ1v) is 5.51. The maximum Gasteiger partial charge on any atom is 0.121 e. The summed E-state index contributed by atoms with van der Waals surface area (Å²) in [5.41, 5.74) is 9.10. The Morgan fingerprint density at radius 2 is 2.12 bits per heavy atom. The van der Waals surface area contributed by atoms with Crippen molar-refractivity contribution in [3.05, 3.63) is 34.9 Å². The quantitative estimate of drug-likeness (QED) is 0.782. The van der Waals surface area contributed by atoms with Crippen LogP contribution >= 0.6 is 0 Å². The number of aryl methyl sites for hydroxylation is 2. The topological polar surface area (TPSA) is 47.6 Å². The summed E-state index contributed by atoms with van der Waals surface area (Å²) < 4.78 is 5.49. The molecule has 1 aromatic rings. The third-order valence-corrected chi connectivity index (χ3v) is 3.00. The van der Waals surface area contributed by atoms with Gasteiger partial charge in [0.05, 0.1) is 6.61 Å². The van der Waals surface area contributed by atoms with Gasteiger partial charge in [-0.15, -0.1) is 0 Å². The van der Waals surface area contributed by atoms with E-state index in [0.717, 1.165) is 0 Å². The Labute approximate surface area is 96.3 Å². The second-order valence-electron chi connectivity index (χ2n) is 4.69. The molecule has 2 rings (SSSR count). The van der Waals surface area contributed by atoms with Gasteiger partial charge >= 0.3 is 0 Å². The number of hydrogen-bond acceptors (Lipinski definition) is 3. The molecule has 0 aliphatic carbocycles. The second kappa shape index (κ2) is 3.91. The monoisotopic (exact) mass is 218 g/mol. The van der Waals surface area contributed by atoms with Crippen molar-refractivity contribution in [1.82, 2.24) is 0 Å². The Kier molecular flexibility index (Phi) is 2.72. The van der Waals surface area contributed by atoms with E-state index in [2.05, 4.69) is 44.0 Å². The SMILES string of the molecule is Cc1ccc(C)c(C2(C)COCC(N)=N2)c1. The number of amidine groups is 1. The lowest BCUT2D eigenvalue weighted by Gasteiger charge is -2.31. The third kappa shape index (κ3) is 1.95. The number of ether oxygens (including phenoxy) is 1. The highest BCUT2D eigenvalue weighted by Crippen LogP contribution is 2.31. The van der Waals surface area contributed by atoms with E-state index in [1.54, 1.807) is 0 Å². The van der Waals surface area contributed by atoms with E-state index in [1.165, 1.54) is 16.7 Å². The van der Waals surface area contributed by atoms with Crippen LogP contribution in [0.4, 0.5) is 0 Å². The molecule has 1 heterocycles. The molecule has 16 heavy (non-hydrogen) atoms. The highest BCUT2D eigenvalue weighted by molar-refractivity contribution is 5.82. The van der Waals surface area contributed by atoms with Gasteiger partial charge in [0.1, 0.15) is 18.0 Å². The van der Waals surface area contributed by atoms with E-state index in [1.807, 2.05) is 0 Å². The summed E-state index contributed by atoms with van der Waals surface area (Å²) in [5, 5.41) is 0. The van der Waals surface area contributed by atoms with Crippen molar-refractivity contribution in [2.45, 2.75) is 26.3 Å². The van der Waals surface area contributed by atoms with Gasteiger partial charge in [0, 0.05) is 0 Å². The first-order valence-electron chi connectivity index (χ1n) is 5.51. The molecule has 0 fully saturated rings. The maximum absolute atomic E-state index is 5.76. The van der Waals surface area contributed by atoms with Crippen LogP contribution in [0.3, 0.4) is 0 Å². The zero-order valence-electron chi connectivity index (χ0n) is 10.1. The average Bonchev–Trinajstić information content (AvgIpc) is 2.21. The van der Waals surface area contributed by atoms with Gasteiger partial charge in [-0.05, 0) is 31.9 Å². The lowest BCUT2D eigenvalue weighted by Crippen LogP contribution is -2.38. The van der Waals surface area contributed by atoms with Gasteiger partial charge in [0.15, 0.2) is 0 Å². The van der Waals surface area contributed by atoms with E-state index in [-0.39, 0.29) is 5.54 Å². The molecular formula is C13H18N2O. The Balaban J connectivity index is 2.50. The van der Waals surface area contributed by atoms with Gasteiger partial charge in [-0.25, -0.2) is 0 Å². The standard InChI is InChI=1S/C13H18N2O/c1-9-4-5-10(2)11(6-9)13(3)8-16-7-12(14)15-13/h4-6H,7-8H2,1-3H3,(H2,14,15). The number of nitrogens with two attached hydrogens (primary N) is 1. The fourth-order valence-electron chi connectivity index (χ4n) is 2.19. The van der Waals surface area contributed by atoms with Crippen molar-refractivity contribution in [1.29, 1.82) is 0 Å². The summed E-state index contributed by atoms with van der Waals surface area (Å²) >= 11 is 0. The average molecular weight is 218 g/mol. The molecule has 1 atom stereocenters. The Morgan fingerprint density at radius 1 is 1.38 bits per heavy atom. The van der Waals surface area contributed by atoms with E-state index in [4.69, 9.17) is 10.5 Å². The van der Waals surface area contributed by atoms with Crippen LogP contribution in [0.25, 0.3) is 0 Å². The van der Waals surface area contributed by atoms with E-state index in [9.17, 15) is 0 Å². The minimum absolute atomic E-state index is 0.335. The van der Waals surface area contributed by atoms with Gasteiger partial charge in [0.2, 0.25) is 0 Å². The number of nitrogens with zero attached hydrogens (tertiary/aromatic N) is 1. The first-order chi connectivity index (χ1) is 7.51. The molecule has 3 heteroatoms. The number of benzene rings is 1. The van der Waals surface area contributed by atoms with E-state index < -0.39 is 0 Å². The zero-order chi connectivity index (χ0) is 11.8. The Morgan fingerprint density at radius 3 is 2.81 bits per heavy atom. The van der Waals surface area contributed by atoms with Crippen molar-refractivity contribution in [2.75, 3.05) is 13.2 Å². The van der Waals surface area contributed by atoms with Crippen LogP contribution in [0, 0.1) is 13.8 Å². The predicted molar refractivity (Wildman–Crippen MR) is 65.7 cm³/mol. The number of rotatable bonds is 1. The van der Waals surface area contributed by atoms with Crippen LogP contribution in [0.5, 0.6) is 0 Å². The number of aliphatic imine (C=N–C) groups is 1. The molecule has 2 N–H and O–H groups in total. The summed E-state index contributed by atoms with van der Waals surface area (Å²) in [6.07, 6.45) is 0. The van der Waals surface area contributed by atoms with Crippen molar-refractivity contribution in [3.63, 3.8) is 0 Å². The second-order valence-corrected chi connectivity index (χ2v) is 4.69. The fourth-order valence-corrected chi connectivity index (χ4v) is 2.19. The van der Waals surface area contributed by atoms with E-state index in [0.29, 0.717) is 19.0 Å². The molecule has 0 spiro atoms. The highest BCUT2D eigenvalue weighted by atomic mass is 16.5. The van der Waals surface area contributed by atoms with Crippen LogP contribution in [0.15, 0.2) is 23.2 Å². The highest BCUT2D eigenvalue weighted by Gasteiger charge is 2.31. The van der Waals surface area contributed by atoms with Gasteiger partial charge in [-0.3, -0.25) is 4.99 Å². The van der Waals surface area contributed by atoms with E-state index >= 15 is 0 Å². The molecule has 0 radical (unpaired) electrons. The molecule has 0 bridgehead atoms. The van der Waals surface area contributed by atoms with Crippen LogP contribution < -0.4 is 5.73 Å². The Bertz CT molecular complexity index is 440. The first kappa shape index (κ1) is 11.1.